The van der Waals surface area contributed by atoms with Crippen LogP contribution in [0.25, 0.3) is 22.2 Å². The lowest BCUT2D eigenvalue weighted by Crippen LogP contribution is -2.24. The number of hydrogen-bond acceptors (Lipinski definition) is 6. The highest BCUT2D eigenvalue weighted by molar-refractivity contribution is 5.93. The van der Waals surface area contributed by atoms with Crippen molar-refractivity contribution >= 4 is 16.7 Å². The molecule has 2 N–H and O–H groups in total. The second kappa shape index (κ2) is 6.91. The Morgan fingerprint density at radius 3 is 2.68 bits per heavy atom. The van der Waals surface area contributed by atoms with Crippen LogP contribution < -0.4 is 5.32 Å². The zero-order valence-corrected chi connectivity index (χ0v) is 16.4. The summed E-state index contributed by atoms with van der Waals surface area (Å²) in [5.74, 6) is 0.789. The van der Waals surface area contributed by atoms with Crippen LogP contribution in [0, 0.1) is 11.3 Å². The van der Waals surface area contributed by atoms with E-state index >= 15 is 0 Å². The molecule has 8 nitrogen and oxygen atoms in total. The largest absolute Gasteiger partial charge is 0.393 e. The molecule has 0 amide bonds. The highest BCUT2D eigenvalue weighted by atomic mass is 16.3. The van der Waals surface area contributed by atoms with Crippen molar-refractivity contribution in [3.63, 3.8) is 0 Å². The summed E-state index contributed by atoms with van der Waals surface area (Å²) in [6.45, 7) is 3.66. The van der Waals surface area contributed by atoms with Crippen LogP contribution in [0.3, 0.4) is 0 Å². The fraction of sp³-hybridized carbons (Fsp3) is 0.500. The molecule has 3 heterocycles. The lowest BCUT2D eigenvalue weighted by atomic mass is 9.93. The predicted octanol–water partition coefficient (Wildman–Crippen LogP) is 3.07. The summed E-state index contributed by atoms with van der Waals surface area (Å²) in [7, 11) is 1.85. The van der Waals surface area contributed by atoms with Crippen LogP contribution in [0.4, 0.5) is 5.82 Å². The maximum Gasteiger partial charge on any atom is 0.143 e. The van der Waals surface area contributed by atoms with Crippen molar-refractivity contribution in [2.75, 3.05) is 12.4 Å². The van der Waals surface area contributed by atoms with Gasteiger partial charge >= 0.3 is 0 Å². The molecule has 4 rings (SSSR count). The molecule has 1 aliphatic carbocycles. The molecule has 0 spiro atoms. The third-order valence-corrected chi connectivity index (χ3v) is 5.56. The summed E-state index contributed by atoms with van der Waals surface area (Å²) in [5.41, 5.74) is 1.97. The maximum atomic E-state index is 9.87. The number of fused-ring (bicyclic) bond motifs is 1. The Kier molecular flexibility index (Phi) is 4.55. The van der Waals surface area contributed by atoms with Crippen molar-refractivity contribution in [2.24, 2.45) is 0 Å². The van der Waals surface area contributed by atoms with E-state index in [1.807, 2.05) is 39.4 Å². The van der Waals surface area contributed by atoms with E-state index in [0.29, 0.717) is 0 Å². The average molecular weight is 379 g/mol. The van der Waals surface area contributed by atoms with E-state index in [1.165, 1.54) is 0 Å². The van der Waals surface area contributed by atoms with Crippen LogP contribution in [0.2, 0.25) is 0 Å². The summed E-state index contributed by atoms with van der Waals surface area (Å²) in [5, 5.41) is 32.6. The number of aliphatic hydroxyl groups is 1. The average Bonchev–Trinajstić information content (AvgIpc) is 3.33. The Labute approximate surface area is 163 Å². The summed E-state index contributed by atoms with van der Waals surface area (Å²) in [4.78, 5) is 4.47. The van der Waals surface area contributed by atoms with Gasteiger partial charge in [0.25, 0.3) is 0 Å². The highest BCUT2D eigenvalue weighted by Gasteiger charge is 2.26. The zero-order chi connectivity index (χ0) is 19.9. The van der Waals surface area contributed by atoms with Crippen LogP contribution in [0.15, 0.2) is 24.7 Å². The molecule has 3 aromatic heterocycles. The Morgan fingerprint density at radius 2 is 2.00 bits per heavy atom. The lowest BCUT2D eigenvalue weighted by molar-refractivity contribution is 0.109. The number of aromatic nitrogens is 5. The molecule has 0 aromatic carbocycles. The normalized spacial score (nSPS) is 20.2. The first-order valence-corrected chi connectivity index (χ1v) is 9.64. The van der Waals surface area contributed by atoms with Crippen LogP contribution in [-0.4, -0.2) is 42.8 Å². The van der Waals surface area contributed by atoms with Gasteiger partial charge in [0.2, 0.25) is 0 Å². The topological polar surface area (TPSA) is 105 Å². The molecule has 0 atom stereocenters. The minimum absolute atomic E-state index is 0.210. The van der Waals surface area contributed by atoms with Crippen molar-refractivity contribution in [1.29, 1.82) is 5.26 Å². The Bertz CT molecular complexity index is 1030. The maximum absolute atomic E-state index is 9.87. The van der Waals surface area contributed by atoms with Crippen LogP contribution in [0.5, 0.6) is 0 Å². The van der Waals surface area contributed by atoms with Gasteiger partial charge in [-0.1, -0.05) is 0 Å². The zero-order valence-electron chi connectivity index (χ0n) is 16.4. The first kappa shape index (κ1) is 18.4. The fourth-order valence-corrected chi connectivity index (χ4v) is 3.77. The van der Waals surface area contributed by atoms with E-state index in [1.54, 1.807) is 10.9 Å². The van der Waals surface area contributed by atoms with Crippen LogP contribution in [0.1, 0.15) is 45.6 Å². The van der Waals surface area contributed by atoms with Crippen molar-refractivity contribution < 1.29 is 5.11 Å². The Balaban J connectivity index is 1.82. The smallest absolute Gasteiger partial charge is 0.143 e. The number of pyridine rings is 1. The van der Waals surface area contributed by atoms with E-state index in [0.717, 1.165) is 53.7 Å². The minimum Gasteiger partial charge on any atom is -0.393 e. The molecule has 0 radical (unpaired) electrons. The quantitative estimate of drug-likeness (QED) is 0.722. The molecule has 0 bridgehead atoms. The molecule has 1 saturated carbocycles. The number of nitrogens with zero attached hydrogens (tertiary/aromatic N) is 6. The molecule has 0 unspecified atom stereocenters. The molecule has 146 valence electrons. The number of nitrogens with one attached hydrogen (secondary N) is 1. The monoisotopic (exact) mass is 379 g/mol. The van der Waals surface area contributed by atoms with Crippen LogP contribution in [-0.2, 0) is 5.54 Å². The van der Waals surface area contributed by atoms with Crippen LogP contribution >= 0.6 is 0 Å². The van der Waals surface area contributed by atoms with Crippen molar-refractivity contribution in [3.8, 4) is 17.3 Å². The van der Waals surface area contributed by atoms with E-state index in [9.17, 15) is 10.4 Å². The van der Waals surface area contributed by atoms with Crippen molar-refractivity contribution in [3.05, 3.63) is 24.7 Å². The lowest BCUT2D eigenvalue weighted by Gasteiger charge is -2.26. The number of rotatable bonds is 4. The van der Waals surface area contributed by atoms with Gasteiger partial charge in [-0.25, -0.2) is 4.98 Å². The van der Waals surface area contributed by atoms with E-state index in [-0.39, 0.29) is 12.1 Å². The molecule has 0 aliphatic heterocycles. The third kappa shape index (κ3) is 3.12. The van der Waals surface area contributed by atoms with Gasteiger partial charge in [0, 0.05) is 36.5 Å². The van der Waals surface area contributed by atoms with Gasteiger partial charge in [-0.15, -0.1) is 0 Å². The SMILES string of the molecule is CNc1cc2c(cn1)c(-c1cnn(C(C)(C)C#N)c1)nn2[C@H]1CC[C@H](O)CC1. The summed E-state index contributed by atoms with van der Waals surface area (Å²) < 4.78 is 3.74. The second-order valence-electron chi connectivity index (χ2n) is 7.94. The van der Waals surface area contributed by atoms with Gasteiger partial charge in [0.1, 0.15) is 17.1 Å². The minimum atomic E-state index is -0.728. The van der Waals surface area contributed by atoms with E-state index in [4.69, 9.17) is 5.10 Å². The summed E-state index contributed by atoms with van der Waals surface area (Å²) in [6, 6.07) is 4.53. The van der Waals surface area contributed by atoms with Gasteiger partial charge in [-0.2, -0.15) is 15.5 Å². The molecule has 1 aliphatic rings. The van der Waals surface area contributed by atoms with Gasteiger partial charge in [0.15, 0.2) is 0 Å². The first-order chi connectivity index (χ1) is 13.4. The van der Waals surface area contributed by atoms with Crippen molar-refractivity contribution in [1.82, 2.24) is 24.5 Å². The van der Waals surface area contributed by atoms with Gasteiger partial charge < -0.3 is 10.4 Å². The standard InChI is InChI=1S/C20H25N7O/c1-20(2,12-21)26-11-13(9-24-26)19-16-10-23-18(22-3)8-17(16)27(25-19)14-4-6-15(28)7-5-14/h8-11,14-15,28H,4-7H2,1-3H3,(H,22,23)/t14-,15-. The molecule has 8 heteroatoms. The van der Waals surface area contributed by atoms with Gasteiger partial charge in [-0.05, 0) is 39.5 Å². The number of aliphatic hydroxyl groups excluding tert-OH is 1. The second-order valence-corrected chi connectivity index (χ2v) is 7.94. The Hall–Kier alpha value is -2.92. The number of hydrogen-bond donors (Lipinski definition) is 2. The van der Waals surface area contributed by atoms with Crippen molar-refractivity contribution in [2.45, 2.75) is 57.2 Å². The number of nitriles is 1. The molecular weight excluding hydrogens is 354 g/mol. The molecule has 28 heavy (non-hydrogen) atoms. The van der Waals surface area contributed by atoms with E-state index < -0.39 is 5.54 Å². The molecular formula is C20H25N7O. The van der Waals surface area contributed by atoms with Gasteiger partial charge in [-0.3, -0.25) is 9.36 Å². The number of anilines is 1. The summed E-state index contributed by atoms with van der Waals surface area (Å²) >= 11 is 0. The first-order valence-electron chi connectivity index (χ1n) is 9.64. The third-order valence-electron chi connectivity index (χ3n) is 5.56. The molecule has 1 fully saturated rings. The Morgan fingerprint density at radius 1 is 1.25 bits per heavy atom. The van der Waals surface area contributed by atoms with E-state index in [2.05, 4.69) is 26.2 Å². The molecule has 0 saturated heterocycles. The van der Waals surface area contributed by atoms with Gasteiger partial charge in [0.05, 0.1) is 29.9 Å². The molecule has 3 aromatic rings. The predicted molar refractivity (Wildman–Crippen MR) is 107 cm³/mol. The highest BCUT2D eigenvalue weighted by Crippen LogP contribution is 2.35. The summed E-state index contributed by atoms with van der Waals surface area (Å²) in [6.07, 6.45) is 8.63. The fourth-order valence-electron chi connectivity index (χ4n) is 3.77.